The van der Waals surface area contributed by atoms with Crippen molar-refractivity contribution in [3.63, 3.8) is 0 Å². The Morgan fingerprint density at radius 2 is 2.36 bits per heavy atom. The Bertz CT molecular complexity index is 145. The van der Waals surface area contributed by atoms with E-state index in [0.29, 0.717) is 12.5 Å². The Morgan fingerprint density at radius 1 is 1.73 bits per heavy atom. The molecule has 1 saturated carbocycles. The Labute approximate surface area is 65.7 Å². The zero-order chi connectivity index (χ0) is 8.27. The molecule has 0 heterocycles. The van der Waals surface area contributed by atoms with Gasteiger partial charge in [-0.25, -0.2) is 4.79 Å². The fourth-order valence-corrected chi connectivity index (χ4v) is 1.05. The topological polar surface area (TPSA) is 61.6 Å². The van der Waals surface area contributed by atoms with Crippen LogP contribution in [0.3, 0.4) is 0 Å². The minimum atomic E-state index is -0.709. The zero-order valence-corrected chi connectivity index (χ0v) is 6.58. The molecule has 64 valence electrons. The molecule has 11 heavy (non-hydrogen) atoms. The maximum absolute atomic E-state index is 10.4. The lowest BCUT2D eigenvalue weighted by Crippen LogP contribution is -2.28. The normalized spacial score (nSPS) is 19.4. The zero-order valence-electron chi connectivity index (χ0n) is 6.58. The van der Waals surface area contributed by atoms with Crippen LogP contribution in [-0.4, -0.2) is 25.9 Å². The van der Waals surface area contributed by atoms with Crippen molar-refractivity contribution in [1.29, 1.82) is 0 Å². The smallest absolute Gasteiger partial charge is 0.404 e. The molecule has 4 nitrogen and oxygen atoms in total. The largest absolute Gasteiger partial charge is 0.444 e. The molecule has 1 fully saturated rings. The van der Waals surface area contributed by atoms with E-state index in [0.717, 1.165) is 12.8 Å². The number of nitrogens with two attached hydrogens (primary N) is 1. The van der Waals surface area contributed by atoms with Crippen molar-refractivity contribution in [2.45, 2.75) is 18.9 Å². The van der Waals surface area contributed by atoms with Gasteiger partial charge < -0.3 is 15.2 Å². The Kier molecular flexibility index (Phi) is 2.70. The van der Waals surface area contributed by atoms with Gasteiger partial charge in [0.25, 0.3) is 0 Å². The van der Waals surface area contributed by atoms with Gasteiger partial charge in [-0.15, -0.1) is 0 Å². The highest BCUT2D eigenvalue weighted by molar-refractivity contribution is 5.64. The van der Waals surface area contributed by atoms with Crippen LogP contribution >= 0.6 is 0 Å². The molecule has 1 unspecified atom stereocenters. The number of hydrogen-bond acceptors (Lipinski definition) is 3. The van der Waals surface area contributed by atoms with Crippen molar-refractivity contribution in [2.24, 2.45) is 11.7 Å². The van der Waals surface area contributed by atoms with E-state index in [2.05, 4.69) is 0 Å². The van der Waals surface area contributed by atoms with Gasteiger partial charge in [0.05, 0.1) is 6.61 Å². The lowest BCUT2D eigenvalue weighted by Gasteiger charge is -2.13. The van der Waals surface area contributed by atoms with Crippen molar-refractivity contribution in [2.75, 3.05) is 13.7 Å². The van der Waals surface area contributed by atoms with Gasteiger partial charge in [-0.1, -0.05) is 0 Å². The molecule has 1 atom stereocenters. The number of methoxy groups -OCH3 is 1. The Hall–Kier alpha value is -0.770. The SMILES string of the molecule is COCC(OC(N)=O)C1CC1. The summed E-state index contributed by atoms with van der Waals surface area (Å²) in [5, 5.41) is 0. The third kappa shape index (κ3) is 2.76. The van der Waals surface area contributed by atoms with E-state index in [1.165, 1.54) is 0 Å². The fraction of sp³-hybridized carbons (Fsp3) is 0.857. The van der Waals surface area contributed by atoms with Crippen LogP contribution in [0.15, 0.2) is 0 Å². The molecule has 0 bridgehead atoms. The molecule has 0 saturated heterocycles. The van der Waals surface area contributed by atoms with Gasteiger partial charge in [-0.3, -0.25) is 0 Å². The maximum Gasteiger partial charge on any atom is 0.404 e. The number of hydrogen-bond donors (Lipinski definition) is 1. The second kappa shape index (κ2) is 3.57. The second-order valence-electron chi connectivity index (χ2n) is 2.77. The predicted molar refractivity (Wildman–Crippen MR) is 39.1 cm³/mol. The first kappa shape index (κ1) is 8.33. The average Bonchev–Trinajstić information content (AvgIpc) is 2.66. The van der Waals surface area contributed by atoms with Gasteiger partial charge in [0.2, 0.25) is 0 Å². The molecule has 0 radical (unpaired) electrons. The Morgan fingerprint density at radius 3 is 2.73 bits per heavy atom. The van der Waals surface area contributed by atoms with E-state index in [4.69, 9.17) is 15.2 Å². The summed E-state index contributed by atoms with van der Waals surface area (Å²) in [7, 11) is 1.58. The van der Waals surface area contributed by atoms with E-state index < -0.39 is 6.09 Å². The van der Waals surface area contributed by atoms with Crippen LogP contribution in [0.25, 0.3) is 0 Å². The molecule has 1 aliphatic carbocycles. The molecule has 0 aromatic carbocycles. The van der Waals surface area contributed by atoms with Crippen LogP contribution in [0.1, 0.15) is 12.8 Å². The summed E-state index contributed by atoms with van der Waals surface area (Å²) in [6.07, 6.45) is 1.39. The van der Waals surface area contributed by atoms with Crippen molar-refractivity contribution >= 4 is 6.09 Å². The van der Waals surface area contributed by atoms with E-state index in [-0.39, 0.29) is 6.10 Å². The lowest BCUT2D eigenvalue weighted by molar-refractivity contribution is 0.0321. The minimum absolute atomic E-state index is 0.127. The highest BCUT2D eigenvalue weighted by Crippen LogP contribution is 2.34. The van der Waals surface area contributed by atoms with Crippen LogP contribution < -0.4 is 5.73 Å². The lowest BCUT2D eigenvalue weighted by atomic mass is 10.2. The summed E-state index contributed by atoms with van der Waals surface area (Å²) in [4.78, 5) is 10.4. The number of ether oxygens (including phenoxy) is 2. The second-order valence-corrected chi connectivity index (χ2v) is 2.77. The van der Waals surface area contributed by atoms with E-state index >= 15 is 0 Å². The summed E-state index contributed by atoms with van der Waals surface area (Å²) in [6, 6.07) is 0. The molecule has 2 N–H and O–H groups in total. The number of carbonyl (C=O) groups is 1. The summed E-state index contributed by atoms with van der Waals surface area (Å²) in [6.45, 7) is 0.452. The molecular formula is C7H13NO3. The number of amides is 1. The molecule has 0 spiro atoms. The maximum atomic E-state index is 10.4. The first-order valence-electron chi connectivity index (χ1n) is 3.69. The molecule has 1 amide bonds. The number of primary amides is 1. The van der Waals surface area contributed by atoms with Crippen LogP contribution in [0, 0.1) is 5.92 Å². The van der Waals surface area contributed by atoms with Gasteiger partial charge in [-0.05, 0) is 18.8 Å². The quantitative estimate of drug-likeness (QED) is 0.650. The van der Waals surface area contributed by atoms with Gasteiger partial charge in [0.1, 0.15) is 6.10 Å². The first-order valence-corrected chi connectivity index (χ1v) is 3.69. The van der Waals surface area contributed by atoms with Crippen LogP contribution in [0.4, 0.5) is 4.79 Å². The molecular weight excluding hydrogens is 146 g/mol. The van der Waals surface area contributed by atoms with Gasteiger partial charge in [0, 0.05) is 7.11 Å². The average molecular weight is 159 g/mol. The first-order chi connectivity index (χ1) is 5.24. The summed E-state index contributed by atoms with van der Waals surface area (Å²) < 4.78 is 9.70. The van der Waals surface area contributed by atoms with Crippen molar-refractivity contribution < 1.29 is 14.3 Å². The Balaban J connectivity index is 2.26. The third-order valence-electron chi connectivity index (χ3n) is 1.75. The molecule has 0 aliphatic heterocycles. The van der Waals surface area contributed by atoms with Crippen LogP contribution in [0.5, 0.6) is 0 Å². The van der Waals surface area contributed by atoms with E-state index in [9.17, 15) is 4.79 Å². The summed E-state index contributed by atoms with van der Waals surface area (Å²) in [5.41, 5.74) is 4.87. The van der Waals surface area contributed by atoms with Crippen molar-refractivity contribution in [1.82, 2.24) is 0 Å². The van der Waals surface area contributed by atoms with Crippen molar-refractivity contribution in [3.8, 4) is 0 Å². The van der Waals surface area contributed by atoms with Crippen LogP contribution in [0.2, 0.25) is 0 Å². The molecule has 0 aromatic heterocycles. The molecule has 1 rings (SSSR count). The van der Waals surface area contributed by atoms with Gasteiger partial charge in [0.15, 0.2) is 0 Å². The predicted octanol–water partition coefficient (Wildman–Crippen LogP) is 0.507. The van der Waals surface area contributed by atoms with E-state index in [1.807, 2.05) is 0 Å². The fourth-order valence-electron chi connectivity index (χ4n) is 1.05. The highest BCUT2D eigenvalue weighted by Gasteiger charge is 2.33. The van der Waals surface area contributed by atoms with Crippen LogP contribution in [-0.2, 0) is 9.47 Å². The molecule has 1 aliphatic rings. The minimum Gasteiger partial charge on any atom is -0.444 e. The van der Waals surface area contributed by atoms with Crippen molar-refractivity contribution in [3.05, 3.63) is 0 Å². The third-order valence-corrected chi connectivity index (χ3v) is 1.75. The monoisotopic (exact) mass is 159 g/mol. The van der Waals surface area contributed by atoms with Gasteiger partial charge in [-0.2, -0.15) is 0 Å². The number of carbonyl (C=O) groups excluding carboxylic acids is 1. The summed E-state index contributed by atoms with van der Waals surface area (Å²) in [5.74, 6) is 0.474. The number of rotatable bonds is 4. The van der Waals surface area contributed by atoms with Gasteiger partial charge >= 0.3 is 6.09 Å². The van der Waals surface area contributed by atoms with E-state index in [1.54, 1.807) is 7.11 Å². The standard InChI is InChI=1S/C7H13NO3/c1-10-4-6(5-2-3-5)11-7(8)9/h5-6H,2-4H2,1H3,(H2,8,9). The highest BCUT2D eigenvalue weighted by atomic mass is 16.6. The molecule has 0 aromatic rings. The molecule has 4 heteroatoms. The summed E-state index contributed by atoms with van der Waals surface area (Å²) >= 11 is 0.